The number of carbonyl (C=O) groups excluding carboxylic acids is 1. The predicted molar refractivity (Wildman–Crippen MR) is 119 cm³/mol. The Morgan fingerprint density at radius 3 is 2.38 bits per heavy atom. The highest BCUT2D eigenvalue weighted by molar-refractivity contribution is 5.77. The van der Waals surface area contributed by atoms with Crippen molar-refractivity contribution in [2.45, 2.75) is 71.0 Å². The van der Waals surface area contributed by atoms with Crippen molar-refractivity contribution in [3.05, 3.63) is 35.4 Å². The highest BCUT2D eigenvalue weighted by Crippen LogP contribution is 2.45. The summed E-state index contributed by atoms with van der Waals surface area (Å²) < 4.78 is 0. The summed E-state index contributed by atoms with van der Waals surface area (Å²) in [5.74, 6) is 2.02. The molecule has 4 nitrogen and oxygen atoms in total. The van der Waals surface area contributed by atoms with Crippen LogP contribution in [0.1, 0.15) is 64.1 Å². The Bertz CT molecular complexity index is 755. The molecule has 0 bridgehead atoms. The van der Waals surface area contributed by atoms with E-state index in [1.54, 1.807) is 0 Å². The van der Waals surface area contributed by atoms with Gasteiger partial charge in [0, 0.05) is 49.1 Å². The summed E-state index contributed by atoms with van der Waals surface area (Å²) in [6.45, 7) is 14.3. The maximum absolute atomic E-state index is 13.3. The minimum absolute atomic E-state index is 0.104. The van der Waals surface area contributed by atoms with Crippen LogP contribution in [0.3, 0.4) is 0 Å². The van der Waals surface area contributed by atoms with Crippen molar-refractivity contribution in [3.63, 3.8) is 0 Å². The first-order valence-electron chi connectivity index (χ1n) is 11.4. The topological polar surface area (TPSA) is 35.6 Å². The first kappa shape index (κ1) is 20.9. The van der Waals surface area contributed by atoms with E-state index in [0.717, 1.165) is 32.5 Å². The fourth-order valence-electron chi connectivity index (χ4n) is 6.90. The number of piperidine rings is 1. The van der Waals surface area contributed by atoms with Crippen LogP contribution in [0.5, 0.6) is 0 Å². The van der Waals surface area contributed by atoms with Crippen LogP contribution < -0.4 is 5.32 Å². The summed E-state index contributed by atoms with van der Waals surface area (Å²) >= 11 is 0. The Morgan fingerprint density at radius 1 is 1.07 bits per heavy atom. The van der Waals surface area contributed by atoms with Gasteiger partial charge in [0.05, 0.1) is 0 Å². The predicted octanol–water partition coefficient (Wildman–Crippen LogP) is 4.00. The fourth-order valence-corrected chi connectivity index (χ4v) is 6.90. The van der Waals surface area contributed by atoms with Crippen molar-refractivity contribution < 1.29 is 4.79 Å². The van der Waals surface area contributed by atoms with Gasteiger partial charge in [-0.25, -0.2) is 0 Å². The van der Waals surface area contributed by atoms with E-state index < -0.39 is 0 Å². The molecule has 3 aliphatic heterocycles. The van der Waals surface area contributed by atoms with Gasteiger partial charge in [-0.2, -0.15) is 0 Å². The number of hydrogen-bond donors (Lipinski definition) is 1. The number of hydrogen-bond acceptors (Lipinski definition) is 3. The van der Waals surface area contributed by atoms with Crippen molar-refractivity contribution in [1.29, 1.82) is 0 Å². The number of carbonyl (C=O) groups is 1. The van der Waals surface area contributed by atoms with Gasteiger partial charge in [0.2, 0.25) is 5.91 Å². The molecule has 0 radical (unpaired) electrons. The highest BCUT2D eigenvalue weighted by Gasteiger charge is 2.48. The Morgan fingerprint density at radius 2 is 1.72 bits per heavy atom. The van der Waals surface area contributed by atoms with Crippen molar-refractivity contribution in [3.8, 4) is 0 Å². The average Bonchev–Trinajstić information content (AvgIpc) is 3.09. The van der Waals surface area contributed by atoms with Crippen LogP contribution in [-0.2, 0) is 4.79 Å². The summed E-state index contributed by atoms with van der Waals surface area (Å²) in [6, 6.07) is 9.22. The zero-order valence-corrected chi connectivity index (χ0v) is 19.2. The number of fused-ring (bicyclic) bond motifs is 1. The molecule has 160 valence electrons. The molecule has 0 unspecified atom stereocenters. The third-order valence-electron chi connectivity index (χ3n) is 7.49. The van der Waals surface area contributed by atoms with E-state index >= 15 is 0 Å². The SMILES string of the molecule is Cc1ccccc1[C@H]1[C@@H]2CN(C(=O)CC3CC(C)(C)NC(C)(C)C3)C[C@@H]2CN1C. The number of benzene rings is 1. The average molecular weight is 398 g/mol. The molecule has 1 aromatic carbocycles. The molecule has 3 aliphatic rings. The van der Waals surface area contributed by atoms with Crippen molar-refractivity contribution in [2.24, 2.45) is 17.8 Å². The molecule has 1 aromatic rings. The van der Waals surface area contributed by atoms with E-state index in [1.807, 2.05) is 0 Å². The van der Waals surface area contributed by atoms with Crippen molar-refractivity contribution in [1.82, 2.24) is 15.1 Å². The lowest BCUT2D eigenvalue weighted by molar-refractivity contribution is -0.132. The summed E-state index contributed by atoms with van der Waals surface area (Å²) in [5.41, 5.74) is 3.02. The molecule has 0 spiro atoms. The lowest BCUT2D eigenvalue weighted by Crippen LogP contribution is -2.58. The maximum Gasteiger partial charge on any atom is 0.222 e. The number of amides is 1. The highest BCUT2D eigenvalue weighted by atomic mass is 16.2. The van der Waals surface area contributed by atoms with Gasteiger partial charge in [-0.15, -0.1) is 0 Å². The smallest absolute Gasteiger partial charge is 0.222 e. The Labute approximate surface area is 177 Å². The van der Waals surface area contributed by atoms with Crippen LogP contribution in [0.15, 0.2) is 24.3 Å². The summed E-state index contributed by atoms with van der Waals surface area (Å²) in [4.78, 5) is 18.0. The van der Waals surface area contributed by atoms with Crippen LogP contribution in [0.25, 0.3) is 0 Å². The van der Waals surface area contributed by atoms with Crippen LogP contribution >= 0.6 is 0 Å². The Kier molecular flexibility index (Phi) is 5.31. The number of rotatable bonds is 3. The van der Waals surface area contributed by atoms with Crippen molar-refractivity contribution in [2.75, 3.05) is 26.7 Å². The molecule has 3 fully saturated rings. The summed E-state index contributed by atoms with van der Waals surface area (Å²) in [5, 5.41) is 3.74. The van der Waals surface area contributed by atoms with E-state index in [4.69, 9.17) is 0 Å². The van der Waals surface area contributed by atoms with Gasteiger partial charge >= 0.3 is 0 Å². The zero-order chi connectivity index (χ0) is 21.0. The normalized spacial score (nSPS) is 31.8. The largest absolute Gasteiger partial charge is 0.342 e. The first-order chi connectivity index (χ1) is 13.5. The molecule has 0 aliphatic carbocycles. The summed E-state index contributed by atoms with van der Waals surface area (Å²) in [6.07, 6.45) is 2.87. The molecule has 4 heteroatoms. The standard InChI is InChI=1S/C25H39N3O/c1-17-9-7-8-10-20(17)23-21-16-28(15-19(21)14-27(23)6)22(29)11-18-12-24(2,3)26-25(4,5)13-18/h7-10,18-19,21,23,26H,11-16H2,1-6H3/t19-,21+,23-/m0/s1. The minimum atomic E-state index is 0.104. The van der Waals surface area contributed by atoms with E-state index in [1.165, 1.54) is 11.1 Å². The Hall–Kier alpha value is -1.39. The van der Waals surface area contributed by atoms with Gasteiger partial charge < -0.3 is 10.2 Å². The molecular formula is C25H39N3O. The van der Waals surface area contributed by atoms with Gasteiger partial charge in [-0.05, 0) is 77.5 Å². The van der Waals surface area contributed by atoms with Gasteiger partial charge in [0.15, 0.2) is 0 Å². The lowest BCUT2D eigenvalue weighted by Gasteiger charge is -2.46. The summed E-state index contributed by atoms with van der Waals surface area (Å²) in [7, 11) is 2.25. The van der Waals surface area contributed by atoms with E-state index in [-0.39, 0.29) is 11.1 Å². The molecule has 1 N–H and O–H groups in total. The fraction of sp³-hybridized carbons (Fsp3) is 0.720. The number of likely N-dealkylation sites (tertiary alicyclic amines) is 2. The third kappa shape index (κ3) is 4.25. The molecular weight excluding hydrogens is 358 g/mol. The molecule has 3 saturated heterocycles. The van der Waals surface area contributed by atoms with Gasteiger partial charge in [0.1, 0.15) is 0 Å². The van der Waals surface area contributed by atoms with Crippen LogP contribution in [-0.4, -0.2) is 53.5 Å². The second-order valence-corrected chi connectivity index (χ2v) is 11.3. The molecule has 0 saturated carbocycles. The Balaban J connectivity index is 1.43. The molecule has 29 heavy (non-hydrogen) atoms. The zero-order valence-electron chi connectivity index (χ0n) is 19.2. The quantitative estimate of drug-likeness (QED) is 0.837. The molecule has 3 heterocycles. The van der Waals surface area contributed by atoms with E-state index in [0.29, 0.717) is 36.1 Å². The van der Waals surface area contributed by atoms with Gasteiger partial charge in [-0.3, -0.25) is 9.69 Å². The van der Waals surface area contributed by atoms with E-state index in [9.17, 15) is 4.79 Å². The van der Waals surface area contributed by atoms with Gasteiger partial charge in [0.25, 0.3) is 0 Å². The van der Waals surface area contributed by atoms with Crippen LogP contribution in [0, 0.1) is 24.7 Å². The number of nitrogens with zero attached hydrogens (tertiary/aromatic N) is 2. The second-order valence-electron chi connectivity index (χ2n) is 11.3. The maximum atomic E-state index is 13.3. The van der Waals surface area contributed by atoms with Gasteiger partial charge in [-0.1, -0.05) is 24.3 Å². The number of aryl methyl sites for hydroxylation is 1. The minimum Gasteiger partial charge on any atom is -0.342 e. The molecule has 4 rings (SSSR count). The lowest BCUT2D eigenvalue weighted by atomic mass is 9.74. The van der Waals surface area contributed by atoms with Crippen LogP contribution in [0.4, 0.5) is 0 Å². The first-order valence-corrected chi connectivity index (χ1v) is 11.4. The molecule has 0 aromatic heterocycles. The third-order valence-corrected chi connectivity index (χ3v) is 7.49. The van der Waals surface area contributed by atoms with E-state index in [2.05, 4.69) is 81.0 Å². The monoisotopic (exact) mass is 397 g/mol. The van der Waals surface area contributed by atoms with Crippen LogP contribution in [0.2, 0.25) is 0 Å². The molecule has 1 amide bonds. The van der Waals surface area contributed by atoms with Crippen molar-refractivity contribution >= 4 is 5.91 Å². The molecule has 3 atom stereocenters. The second kappa shape index (κ2) is 7.39. The number of nitrogens with one attached hydrogen (secondary N) is 1.